The lowest BCUT2D eigenvalue weighted by Gasteiger charge is -1.97. The van der Waals surface area contributed by atoms with E-state index in [-0.39, 0.29) is 5.56 Å². The van der Waals surface area contributed by atoms with Crippen molar-refractivity contribution in [1.29, 1.82) is 0 Å². The van der Waals surface area contributed by atoms with Crippen molar-refractivity contribution in [2.24, 2.45) is 0 Å². The Kier molecular flexibility index (Phi) is 2.48. The van der Waals surface area contributed by atoms with Crippen LogP contribution < -0.4 is 5.56 Å². The topological polar surface area (TPSA) is 58.6 Å². The molecular weight excluding hydrogens is 246 g/mol. The van der Waals surface area contributed by atoms with E-state index < -0.39 is 0 Å². The molecule has 0 unspecified atom stereocenters. The smallest absolute Gasteiger partial charge is 0.259 e. The van der Waals surface area contributed by atoms with E-state index in [9.17, 15) is 4.79 Å². The number of aromatic nitrogens is 3. The lowest BCUT2D eigenvalue weighted by atomic mass is 10.1. The summed E-state index contributed by atoms with van der Waals surface area (Å²) in [5.41, 5.74) is 1.99. The van der Waals surface area contributed by atoms with Gasteiger partial charge in [-0.3, -0.25) is 9.78 Å². The molecule has 18 heavy (non-hydrogen) atoms. The number of fused-ring (bicyclic) bond motifs is 1. The third kappa shape index (κ3) is 1.64. The molecule has 90 valence electrons. The summed E-state index contributed by atoms with van der Waals surface area (Å²) in [6, 6.07) is 3.89. The molecule has 0 amide bonds. The molecule has 3 aromatic rings. The van der Waals surface area contributed by atoms with E-state index in [0.29, 0.717) is 11.2 Å². The Morgan fingerprint density at radius 1 is 1.22 bits per heavy atom. The Labute approximate surface area is 107 Å². The number of aryl methyl sites for hydroxylation is 2. The molecule has 4 nitrogen and oxygen atoms in total. The van der Waals surface area contributed by atoms with Gasteiger partial charge in [-0.1, -0.05) is 0 Å². The SMILES string of the molecule is Cc1nc2sc(-c3ccncc3)c(C)c2c(=O)[nH]1. The Morgan fingerprint density at radius 2 is 1.94 bits per heavy atom. The summed E-state index contributed by atoms with van der Waals surface area (Å²) < 4.78 is 0. The average Bonchev–Trinajstić information content (AvgIpc) is 2.67. The van der Waals surface area contributed by atoms with E-state index in [1.54, 1.807) is 30.7 Å². The van der Waals surface area contributed by atoms with Crippen LogP contribution in [0.4, 0.5) is 0 Å². The van der Waals surface area contributed by atoms with Crippen LogP contribution in [0, 0.1) is 13.8 Å². The molecule has 0 spiro atoms. The van der Waals surface area contributed by atoms with Gasteiger partial charge in [0.15, 0.2) is 0 Å². The highest BCUT2D eigenvalue weighted by Crippen LogP contribution is 2.35. The highest BCUT2D eigenvalue weighted by molar-refractivity contribution is 7.22. The zero-order valence-electron chi connectivity index (χ0n) is 10.0. The molecule has 5 heteroatoms. The number of hydrogen-bond donors (Lipinski definition) is 1. The number of aromatic amines is 1. The van der Waals surface area contributed by atoms with Gasteiger partial charge in [0.1, 0.15) is 10.7 Å². The molecular formula is C13H11N3OS. The van der Waals surface area contributed by atoms with Gasteiger partial charge < -0.3 is 4.98 Å². The largest absolute Gasteiger partial charge is 0.310 e. The maximum atomic E-state index is 12.0. The van der Waals surface area contributed by atoms with Gasteiger partial charge in [-0.05, 0) is 37.1 Å². The molecule has 3 aromatic heterocycles. The monoisotopic (exact) mass is 257 g/mol. The summed E-state index contributed by atoms with van der Waals surface area (Å²) >= 11 is 1.55. The normalized spacial score (nSPS) is 11.0. The van der Waals surface area contributed by atoms with Gasteiger partial charge in [0.2, 0.25) is 0 Å². The van der Waals surface area contributed by atoms with Crippen molar-refractivity contribution in [3.8, 4) is 10.4 Å². The third-order valence-corrected chi connectivity index (χ3v) is 4.10. The van der Waals surface area contributed by atoms with Crippen LogP contribution in [0.1, 0.15) is 11.4 Å². The summed E-state index contributed by atoms with van der Waals surface area (Å²) in [7, 11) is 0. The molecule has 0 fully saturated rings. The van der Waals surface area contributed by atoms with E-state index in [0.717, 1.165) is 20.8 Å². The van der Waals surface area contributed by atoms with Gasteiger partial charge in [0.25, 0.3) is 5.56 Å². The first kappa shape index (κ1) is 11.1. The fourth-order valence-electron chi connectivity index (χ4n) is 2.03. The molecule has 0 aliphatic rings. The van der Waals surface area contributed by atoms with Crippen LogP contribution >= 0.6 is 11.3 Å². The second-order valence-electron chi connectivity index (χ2n) is 4.12. The van der Waals surface area contributed by atoms with Gasteiger partial charge >= 0.3 is 0 Å². The van der Waals surface area contributed by atoms with E-state index in [2.05, 4.69) is 15.0 Å². The van der Waals surface area contributed by atoms with E-state index in [4.69, 9.17) is 0 Å². The minimum absolute atomic E-state index is 0.0634. The molecule has 0 aliphatic carbocycles. The molecule has 3 heterocycles. The van der Waals surface area contributed by atoms with Crippen molar-refractivity contribution in [2.75, 3.05) is 0 Å². The Balaban J connectivity index is 2.37. The second kappa shape index (κ2) is 4.03. The molecule has 1 N–H and O–H groups in total. The highest BCUT2D eigenvalue weighted by atomic mass is 32.1. The lowest BCUT2D eigenvalue weighted by molar-refractivity contribution is 1.06. The number of pyridine rings is 1. The summed E-state index contributed by atoms with van der Waals surface area (Å²) in [5, 5.41) is 0.692. The van der Waals surface area contributed by atoms with Crippen molar-refractivity contribution in [1.82, 2.24) is 15.0 Å². The van der Waals surface area contributed by atoms with Crippen LogP contribution in [0.5, 0.6) is 0 Å². The van der Waals surface area contributed by atoms with Gasteiger partial charge in [-0.2, -0.15) is 0 Å². The maximum Gasteiger partial charge on any atom is 0.259 e. The van der Waals surface area contributed by atoms with E-state index >= 15 is 0 Å². The maximum absolute atomic E-state index is 12.0. The first-order valence-electron chi connectivity index (χ1n) is 5.57. The van der Waals surface area contributed by atoms with Crippen molar-refractivity contribution in [3.63, 3.8) is 0 Å². The first-order valence-corrected chi connectivity index (χ1v) is 6.39. The van der Waals surface area contributed by atoms with Crippen molar-refractivity contribution in [2.45, 2.75) is 13.8 Å². The predicted molar refractivity (Wildman–Crippen MR) is 72.9 cm³/mol. The van der Waals surface area contributed by atoms with Crippen LogP contribution in [0.2, 0.25) is 0 Å². The van der Waals surface area contributed by atoms with Crippen LogP contribution in [0.25, 0.3) is 20.7 Å². The van der Waals surface area contributed by atoms with Crippen LogP contribution in [-0.4, -0.2) is 15.0 Å². The van der Waals surface area contributed by atoms with Crippen molar-refractivity contribution < 1.29 is 0 Å². The Morgan fingerprint density at radius 3 is 2.67 bits per heavy atom. The summed E-state index contributed by atoms with van der Waals surface area (Å²) in [6.45, 7) is 3.75. The fourth-order valence-corrected chi connectivity index (χ4v) is 3.26. The average molecular weight is 257 g/mol. The van der Waals surface area contributed by atoms with Gasteiger partial charge in [0.05, 0.1) is 5.39 Å². The van der Waals surface area contributed by atoms with E-state index in [1.807, 2.05) is 19.1 Å². The Hall–Kier alpha value is -2.01. The highest BCUT2D eigenvalue weighted by Gasteiger charge is 2.14. The number of nitrogens with zero attached hydrogens (tertiary/aromatic N) is 2. The minimum atomic E-state index is -0.0634. The second-order valence-corrected chi connectivity index (χ2v) is 5.12. The number of H-pyrrole nitrogens is 1. The molecule has 0 aromatic carbocycles. The standard InChI is InChI=1S/C13H11N3OS/c1-7-10-12(17)15-8(2)16-13(10)18-11(7)9-3-5-14-6-4-9/h3-6H,1-2H3,(H,15,16,17). The summed E-state index contributed by atoms with van der Waals surface area (Å²) in [6.07, 6.45) is 3.50. The van der Waals surface area contributed by atoms with Gasteiger partial charge in [-0.15, -0.1) is 11.3 Å². The summed E-state index contributed by atoms with van der Waals surface area (Å²) in [4.78, 5) is 25.0. The number of thiophene rings is 1. The van der Waals surface area contributed by atoms with Crippen LogP contribution in [0.3, 0.4) is 0 Å². The number of nitrogens with one attached hydrogen (secondary N) is 1. The molecule has 0 saturated carbocycles. The van der Waals surface area contributed by atoms with Gasteiger partial charge in [0, 0.05) is 17.3 Å². The van der Waals surface area contributed by atoms with Crippen LogP contribution in [0.15, 0.2) is 29.3 Å². The minimum Gasteiger partial charge on any atom is -0.310 e. The fraction of sp³-hybridized carbons (Fsp3) is 0.154. The molecule has 0 aliphatic heterocycles. The first-order chi connectivity index (χ1) is 8.66. The lowest BCUT2D eigenvalue weighted by Crippen LogP contribution is -2.08. The molecule has 3 rings (SSSR count). The zero-order valence-corrected chi connectivity index (χ0v) is 10.8. The van der Waals surface area contributed by atoms with Gasteiger partial charge in [-0.25, -0.2) is 4.98 Å². The molecule has 0 atom stereocenters. The molecule has 0 bridgehead atoms. The predicted octanol–water partition coefficient (Wildman–Crippen LogP) is 2.66. The number of rotatable bonds is 1. The van der Waals surface area contributed by atoms with Crippen molar-refractivity contribution in [3.05, 3.63) is 46.3 Å². The number of hydrogen-bond acceptors (Lipinski definition) is 4. The summed E-state index contributed by atoms with van der Waals surface area (Å²) in [5.74, 6) is 0.648. The van der Waals surface area contributed by atoms with E-state index in [1.165, 1.54) is 0 Å². The Bertz CT molecular complexity index is 774. The quantitative estimate of drug-likeness (QED) is 0.729. The molecule has 0 saturated heterocycles. The zero-order chi connectivity index (χ0) is 12.7. The van der Waals surface area contributed by atoms with Crippen LogP contribution in [-0.2, 0) is 0 Å². The molecule has 0 radical (unpaired) electrons. The third-order valence-electron chi connectivity index (χ3n) is 2.86. The van der Waals surface area contributed by atoms with Crippen molar-refractivity contribution >= 4 is 21.6 Å².